The molecule has 1 fully saturated rings. The number of anilines is 1. The van der Waals surface area contributed by atoms with Crippen molar-refractivity contribution in [1.29, 1.82) is 0 Å². The third-order valence-electron chi connectivity index (χ3n) is 2.86. The average molecular weight is 241 g/mol. The van der Waals surface area contributed by atoms with E-state index in [0.717, 1.165) is 25.2 Å². The van der Waals surface area contributed by atoms with E-state index in [0.29, 0.717) is 17.0 Å². The minimum absolute atomic E-state index is 0.527. The number of hydrogen-bond donors (Lipinski definition) is 2. The molecule has 2 rings (SSSR count). The Kier molecular flexibility index (Phi) is 3.96. The lowest BCUT2D eigenvalue weighted by Crippen LogP contribution is -2.33. The Bertz CT molecular complexity index is 350. The van der Waals surface area contributed by atoms with Gasteiger partial charge in [0.05, 0.1) is 0 Å². The molecule has 16 heavy (non-hydrogen) atoms. The van der Waals surface area contributed by atoms with Crippen molar-refractivity contribution in [3.05, 3.63) is 16.9 Å². The number of nitrogens with zero attached hydrogens (tertiary/aromatic N) is 2. The van der Waals surface area contributed by atoms with E-state index >= 15 is 0 Å². The molecule has 2 heterocycles. The van der Waals surface area contributed by atoms with E-state index < -0.39 is 0 Å². The van der Waals surface area contributed by atoms with Gasteiger partial charge in [0.25, 0.3) is 0 Å². The van der Waals surface area contributed by atoms with Crippen LogP contribution in [0, 0.1) is 12.8 Å². The molecule has 0 aliphatic carbocycles. The summed E-state index contributed by atoms with van der Waals surface area (Å²) in [6, 6.07) is 0. The molecular weight excluding hydrogens is 224 g/mol. The molecule has 0 radical (unpaired) electrons. The van der Waals surface area contributed by atoms with Gasteiger partial charge in [0.2, 0.25) is 5.95 Å². The lowest BCUT2D eigenvalue weighted by Gasteiger charge is -2.22. The smallest absolute Gasteiger partial charge is 0.224 e. The quantitative estimate of drug-likeness (QED) is 0.792. The zero-order chi connectivity index (χ0) is 11.4. The van der Waals surface area contributed by atoms with Crippen LogP contribution in [0.25, 0.3) is 0 Å². The summed E-state index contributed by atoms with van der Waals surface area (Å²) in [6.45, 7) is 5.03. The van der Waals surface area contributed by atoms with Crippen molar-refractivity contribution in [2.45, 2.75) is 19.8 Å². The second-order valence-corrected chi connectivity index (χ2v) is 4.62. The lowest BCUT2D eigenvalue weighted by atomic mass is 10.00. The van der Waals surface area contributed by atoms with Crippen molar-refractivity contribution in [2.24, 2.45) is 5.92 Å². The van der Waals surface area contributed by atoms with Gasteiger partial charge >= 0.3 is 0 Å². The molecule has 1 aliphatic rings. The Morgan fingerprint density at radius 2 is 2.50 bits per heavy atom. The fraction of sp³-hybridized carbons (Fsp3) is 0.636. The average Bonchev–Trinajstić information content (AvgIpc) is 2.32. The van der Waals surface area contributed by atoms with Crippen molar-refractivity contribution in [3.63, 3.8) is 0 Å². The highest BCUT2D eigenvalue weighted by atomic mass is 35.5. The van der Waals surface area contributed by atoms with Crippen LogP contribution in [0.3, 0.4) is 0 Å². The van der Waals surface area contributed by atoms with E-state index in [-0.39, 0.29) is 0 Å². The van der Waals surface area contributed by atoms with Crippen molar-refractivity contribution < 1.29 is 0 Å². The molecule has 1 aromatic rings. The van der Waals surface area contributed by atoms with E-state index in [1.54, 1.807) is 6.20 Å². The van der Waals surface area contributed by atoms with E-state index in [9.17, 15) is 0 Å². The predicted octanol–water partition coefficient (Wildman–Crippen LogP) is 1.85. The van der Waals surface area contributed by atoms with Gasteiger partial charge < -0.3 is 10.6 Å². The number of rotatable bonds is 3. The minimum atomic E-state index is 0.527. The van der Waals surface area contributed by atoms with Crippen LogP contribution >= 0.6 is 11.6 Å². The zero-order valence-electron chi connectivity index (χ0n) is 9.46. The maximum absolute atomic E-state index is 5.93. The summed E-state index contributed by atoms with van der Waals surface area (Å²) in [4.78, 5) is 8.38. The SMILES string of the molecule is Cc1cnc(NC[C@@H]2CCCNC2)nc1Cl. The Morgan fingerprint density at radius 1 is 1.62 bits per heavy atom. The van der Waals surface area contributed by atoms with Gasteiger partial charge in [-0.25, -0.2) is 9.97 Å². The minimum Gasteiger partial charge on any atom is -0.354 e. The molecule has 1 atom stereocenters. The van der Waals surface area contributed by atoms with E-state index in [1.807, 2.05) is 6.92 Å². The number of piperidine rings is 1. The highest BCUT2D eigenvalue weighted by Crippen LogP contribution is 2.14. The summed E-state index contributed by atoms with van der Waals surface area (Å²) in [5.74, 6) is 1.29. The molecular formula is C11H17ClN4. The first-order valence-corrected chi connectivity index (χ1v) is 6.07. The Labute approximate surface area is 101 Å². The zero-order valence-corrected chi connectivity index (χ0v) is 10.2. The third-order valence-corrected chi connectivity index (χ3v) is 3.24. The first-order valence-electron chi connectivity index (χ1n) is 5.69. The van der Waals surface area contributed by atoms with Gasteiger partial charge in [-0.1, -0.05) is 11.6 Å². The molecule has 4 nitrogen and oxygen atoms in total. The van der Waals surface area contributed by atoms with Crippen LogP contribution in [0.5, 0.6) is 0 Å². The Morgan fingerprint density at radius 3 is 3.19 bits per heavy atom. The lowest BCUT2D eigenvalue weighted by molar-refractivity contribution is 0.392. The maximum atomic E-state index is 5.93. The molecule has 88 valence electrons. The van der Waals surface area contributed by atoms with E-state index in [4.69, 9.17) is 11.6 Å². The monoisotopic (exact) mass is 240 g/mol. The second-order valence-electron chi connectivity index (χ2n) is 4.26. The number of aryl methyl sites for hydroxylation is 1. The van der Waals surface area contributed by atoms with Crippen molar-refractivity contribution in [3.8, 4) is 0 Å². The first-order chi connectivity index (χ1) is 7.75. The second kappa shape index (κ2) is 5.46. The molecule has 0 amide bonds. The fourth-order valence-corrected chi connectivity index (χ4v) is 1.97. The molecule has 5 heteroatoms. The Hall–Kier alpha value is -0.870. The summed E-state index contributed by atoms with van der Waals surface area (Å²) in [5.41, 5.74) is 0.909. The molecule has 0 aromatic carbocycles. The third kappa shape index (κ3) is 3.06. The molecule has 0 saturated carbocycles. The van der Waals surface area contributed by atoms with Gasteiger partial charge in [-0.05, 0) is 38.8 Å². The maximum Gasteiger partial charge on any atom is 0.224 e. The number of halogens is 1. The van der Waals surface area contributed by atoms with Gasteiger partial charge in [0.15, 0.2) is 0 Å². The molecule has 2 N–H and O–H groups in total. The summed E-state index contributed by atoms with van der Waals surface area (Å²) in [6.07, 6.45) is 4.26. The van der Waals surface area contributed by atoms with E-state index in [2.05, 4.69) is 20.6 Å². The van der Waals surface area contributed by atoms with Crippen LogP contribution in [0.15, 0.2) is 6.20 Å². The van der Waals surface area contributed by atoms with Gasteiger partial charge in [-0.15, -0.1) is 0 Å². The molecule has 1 aromatic heterocycles. The topological polar surface area (TPSA) is 49.8 Å². The van der Waals surface area contributed by atoms with Gasteiger partial charge in [0, 0.05) is 18.3 Å². The van der Waals surface area contributed by atoms with Crippen molar-refractivity contribution in [2.75, 3.05) is 25.0 Å². The van der Waals surface area contributed by atoms with Crippen LogP contribution in [0.4, 0.5) is 5.95 Å². The first kappa shape index (κ1) is 11.6. The standard InChI is InChI=1S/C11H17ClN4/c1-8-5-14-11(16-10(8)12)15-7-9-3-2-4-13-6-9/h5,9,13H,2-4,6-7H2,1H3,(H,14,15,16)/t9-/m1/s1. The predicted molar refractivity (Wildman–Crippen MR) is 65.9 cm³/mol. The summed E-state index contributed by atoms with van der Waals surface area (Å²) < 4.78 is 0. The van der Waals surface area contributed by atoms with Crippen LogP contribution in [0.1, 0.15) is 18.4 Å². The number of nitrogens with one attached hydrogen (secondary N) is 2. The highest BCUT2D eigenvalue weighted by Gasteiger charge is 2.12. The van der Waals surface area contributed by atoms with Gasteiger partial charge in [0.1, 0.15) is 5.15 Å². The Balaban J connectivity index is 1.86. The fourth-order valence-electron chi connectivity index (χ4n) is 1.84. The highest BCUT2D eigenvalue weighted by molar-refractivity contribution is 6.30. The van der Waals surface area contributed by atoms with Gasteiger partial charge in [-0.3, -0.25) is 0 Å². The van der Waals surface area contributed by atoms with Crippen LogP contribution in [0.2, 0.25) is 5.15 Å². The van der Waals surface area contributed by atoms with Crippen molar-refractivity contribution in [1.82, 2.24) is 15.3 Å². The number of hydrogen-bond acceptors (Lipinski definition) is 4. The number of aromatic nitrogens is 2. The van der Waals surface area contributed by atoms with Crippen LogP contribution in [-0.2, 0) is 0 Å². The largest absolute Gasteiger partial charge is 0.354 e. The van der Waals surface area contributed by atoms with Crippen LogP contribution < -0.4 is 10.6 Å². The molecule has 1 saturated heterocycles. The normalized spacial score (nSPS) is 20.8. The molecule has 0 unspecified atom stereocenters. The van der Waals surface area contributed by atoms with Crippen molar-refractivity contribution >= 4 is 17.5 Å². The van der Waals surface area contributed by atoms with E-state index in [1.165, 1.54) is 12.8 Å². The summed E-state index contributed by atoms with van der Waals surface area (Å²) in [7, 11) is 0. The summed E-state index contributed by atoms with van der Waals surface area (Å²) in [5, 5.41) is 7.15. The molecule has 0 spiro atoms. The van der Waals surface area contributed by atoms with Crippen LogP contribution in [-0.4, -0.2) is 29.6 Å². The molecule has 0 bridgehead atoms. The van der Waals surface area contributed by atoms with Gasteiger partial charge in [-0.2, -0.15) is 0 Å². The summed E-state index contributed by atoms with van der Waals surface area (Å²) >= 11 is 5.93. The molecule has 1 aliphatic heterocycles.